The zero-order valence-corrected chi connectivity index (χ0v) is 11.7. The average Bonchev–Trinajstić information content (AvgIpc) is 2.44. The molecule has 4 heteroatoms. The average molecular weight is 263 g/mol. The molecule has 0 aliphatic rings. The van der Waals surface area contributed by atoms with E-state index in [1.807, 2.05) is 31.2 Å². The van der Waals surface area contributed by atoms with Crippen molar-refractivity contribution in [2.24, 2.45) is 0 Å². The third-order valence-corrected chi connectivity index (χ3v) is 2.80. The summed E-state index contributed by atoms with van der Waals surface area (Å²) in [7, 11) is 1.64. The van der Waals surface area contributed by atoms with E-state index >= 15 is 0 Å². The van der Waals surface area contributed by atoms with Gasteiger partial charge in [-0.1, -0.05) is 18.7 Å². The molecule has 1 aromatic carbocycles. The molecule has 0 aliphatic carbocycles. The monoisotopic (exact) mass is 263 g/mol. The van der Waals surface area contributed by atoms with Crippen molar-refractivity contribution in [2.45, 2.75) is 19.9 Å². The third-order valence-electron chi connectivity index (χ3n) is 2.80. The summed E-state index contributed by atoms with van der Waals surface area (Å²) in [5.41, 5.74) is 1.56. The van der Waals surface area contributed by atoms with Gasteiger partial charge in [-0.15, -0.1) is 0 Å². The van der Waals surface area contributed by atoms with Crippen LogP contribution in [-0.2, 0) is 9.53 Å². The van der Waals surface area contributed by atoms with Gasteiger partial charge >= 0.3 is 5.97 Å². The van der Waals surface area contributed by atoms with Crippen molar-refractivity contribution >= 4 is 5.97 Å². The lowest BCUT2D eigenvalue weighted by atomic mass is 10.1. The van der Waals surface area contributed by atoms with E-state index in [-0.39, 0.29) is 12.0 Å². The Morgan fingerprint density at radius 1 is 1.37 bits per heavy atom. The van der Waals surface area contributed by atoms with Crippen LogP contribution in [0.3, 0.4) is 0 Å². The normalized spacial score (nSPS) is 11.7. The molecule has 0 heterocycles. The Bertz CT molecular complexity index is 426. The smallest absolute Gasteiger partial charge is 0.334 e. The van der Waals surface area contributed by atoms with Crippen LogP contribution in [0.15, 0.2) is 36.4 Å². The molecule has 0 saturated carbocycles. The number of ether oxygens (including phenoxy) is 2. The standard InChI is InChI=1S/C15H21NO3/c1-5-19-15(17)11(2)10-16-12(3)13-6-8-14(18-4)9-7-13/h6-9,12,16H,2,5,10H2,1,3-4H3/t12-/m0/s1. The first-order valence-corrected chi connectivity index (χ1v) is 6.30. The summed E-state index contributed by atoms with van der Waals surface area (Å²) in [6.45, 7) is 8.29. The second-order valence-electron chi connectivity index (χ2n) is 4.20. The van der Waals surface area contributed by atoms with Crippen LogP contribution in [0.5, 0.6) is 5.75 Å². The fourth-order valence-corrected chi connectivity index (χ4v) is 1.59. The third kappa shape index (κ3) is 4.75. The second-order valence-corrected chi connectivity index (χ2v) is 4.20. The fraction of sp³-hybridized carbons (Fsp3) is 0.400. The molecule has 4 nitrogen and oxygen atoms in total. The van der Waals surface area contributed by atoms with E-state index < -0.39 is 0 Å². The molecule has 0 saturated heterocycles. The molecule has 0 unspecified atom stereocenters. The molecule has 1 rings (SSSR count). The second kappa shape index (κ2) is 7.59. The number of nitrogens with one attached hydrogen (secondary N) is 1. The van der Waals surface area contributed by atoms with Crippen molar-refractivity contribution in [3.8, 4) is 5.75 Å². The molecule has 1 N–H and O–H groups in total. The number of carbonyl (C=O) groups excluding carboxylic acids is 1. The number of hydrogen-bond acceptors (Lipinski definition) is 4. The summed E-state index contributed by atoms with van der Waals surface area (Å²) >= 11 is 0. The van der Waals surface area contributed by atoms with Crippen molar-refractivity contribution in [2.75, 3.05) is 20.3 Å². The Balaban J connectivity index is 2.48. The van der Waals surface area contributed by atoms with Crippen molar-refractivity contribution < 1.29 is 14.3 Å². The van der Waals surface area contributed by atoms with E-state index in [4.69, 9.17) is 9.47 Å². The number of rotatable bonds is 7. The van der Waals surface area contributed by atoms with Crippen LogP contribution in [0.2, 0.25) is 0 Å². The summed E-state index contributed by atoms with van der Waals surface area (Å²) in [4.78, 5) is 11.4. The summed E-state index contributed by atoms with van der Waals surface area (Å²) in [6, 6.07) is 7.92. The minimum atomic E-state index is -0.350. The number of benzene rings is 1. The van der Waals surface area contributed by atoms with Gasteiger partial charge in [0.25, 0.3) is 0 Å². The van der Waals surface area contributed by atoms with E-state index in [1.54, 1.807) is 14.0 Å². The van der Waals surface area contributed by atoms with Gasteiger partial charge in [-0.3, -0.25) is 0 Å². The minimum absolute atomic E-state index is 0.122. The van der Waals surface area contributed by atoms with Crippen LogP contribution in [0.4, 0.5) is 0 Å². The molecule has 0 fully saturated rings. The van der Waals surface area contributed by atoms with Crippen LogP contribution < -0.4 is 10.1 Å². The van der Waals surface area contributed by atoms with Crippen LogP contribution in [0, 0.1) is 0 Å². The van der Waals surface area contributed by atoms with Gasteiger partial charge in [0.1, 0.15) is 5.75 Å². The SMILES string of the molecule is C=C(CN[C@@H](C)c1ccc(OC)cc1)C(=O)OCC. The first-order valence-electron chi connectivity index (χ1n) is 6.30. The highest BCUT2D eigenvalue weighted by molar-refractivity contribution is 5.88. The quantitative estimate of drug-likeness (QED) is 0.606. The van der Waals surface area contributed by atoms with E-state index in [1.165, 1.54) is 0 Å². The van der Waals surface area contributed by atoms with Gasteiger partial charge in [0.05, 0.1) is 13.7 Å². The van der Waals surface area contributed by atoms with Gasteiger partial charge in [-0.25, -0.2) is 4.79 Å². The highest BCUT2D eigenvalue weighted by atomic mass is 16.5. The predicted octanol–water partition coefficient (Wildman–Crippen LogP) is 2.47. The van der Waals surface area contributed by atoms with Crippen molar-refractivity contribution in [1.29, 1.82) is 0 Å². The molecule has 1 atom stereocenters. The highest BCUT2D eigenvalue weighted by Gasteiger charge is 2.10. The Kier molecular flexibility index (Phi) is 6.09. The Labute approximate surface area is 114 Å². The van der Waals surface area contributed by atoms with Gasteiger partial charge < -0.3 is 14.8 Å². The molecular formula is C15H21NO3. The van der Waals surface area contributed by atoms with Crippen LogP contribution in [-0.4, -0.2) is 26.2 Å². The maximum Gasteiger partial charge on any atom is 0.334 e. The number of carbonyl (C=O) groups is 1. The zero-order valence-electron chi connectivity index (χ0n) is 11.7. The molecule has 0 aromatic heterocycles. The maximum absolute atomic E-state index is 11.4. The highest BCUT2D eigenvalue weighted by Crippen LogP contribution is 2.17. The van der Waals surface area contributed by atoms with Crippen LogP contribution >= 0.6 is 0 Å². The van der Waals surface area contributed by atoms with E-state index in [0.29, 0.717) is 18.7 Å². The van der Waals surface area contributed by atoms with E-state index in [0.717, 1.165) is 11.3 Å². The zero-order chi connectivity index (χ0) is 14.3. The lowest BCUT2D eigenvalue weighted by Gasteiger charge is -2.15. The first kappa shape index (κ1) is 15.2. The van der Waals surface area contributed by atoms with Crippen LogP contribution in [0.25, 0.3) is 0 Å². The lowest BCUT2D eigenvalue weighted by molar-refractivity contribution is -0.138. The van der Waals surface area contributed by atoms with E-state index in [2.05, 4.69) is 11.9 Å². The van der Waals surface area contributed by atoms with Gasteiger partial charge in [0.2, 0.25) is 0 Å². The topological polar surface area (TPSA) is 47.6 Å². The molecule has 1 aromatic rings. The van der Waals surface area contributed by atoms with Gasteiger partial charge in [0, 0.05) is 18.2 Å². The molecule has 104 valence electrons. The molecular weight excluding hydrogens is 242 g/mol. The lowest BCUT2D eigenvalue weighted by Crippen LogP contribution is -2.24. The summed E-state index contributed by atoms with van der Waals surface area (Å²) in [5, 5.41) is 3.23. The van der Waals surface area contributed by atoms with Crippen molar-refractivity contribution in [1.82, 2.24) is 5.32 Å². The maximum atomic E-state index is 11.4. The predicted molar refractivity (Wildman–Crippen MR) is 75.2 cm³/mol. The number of methoxy groups -OCH3 is 1. The molecule has 0 bridgehead atoms. The summed E-state index contributed by atoms with van der Waals surface area (Å²) < 4.78 is 9.99. The molecule has 0 spiro atoms. The molecule has 0 aliphatic heterocycles. The van der Waals surface area contributed by atoms with Crippen molar-refractivity contribution in [3.63, 3.8) is 0 Å². The van der Waals surface area contributed by atoms with Gasteiger partial charge in [-0.2, -0.15) is 0 Å². The Morgan fingerprint density at radius 3 is 2.53 bits per heavy atom. The first-order chi connectivity index (χ1) is 9.08. The fourth-order valence-electron chi connectivity index (χ4n) is 1.59. The van der Waals surface area contributed by atoms with Crippen molar-refractivity contribution in [3.05, 3.63) is 42.0 Å². The molecule has 0 radical (unpaired) electrons. The number of hydrogen-bond donors (Lipinski definition) is 1. The number of esters is 1. The summed E-state index contributed by atoms with van der Waals surface area (Å²) in [6.07, 6.45) is 0. The Morgan fingerprint density at radius 2 is 2.00 bits per heavy atom. The largest absolute Gasteiger partial charge is 0.497 e. The van der Waals surface area contributed by atoms with Gasteiger partial charge in [0.15, 0.2) is 0 Å². The van der Waals surface area contributed by atoms with E-state index in [9.17, 15) is 4.79 Å². The minimum Gasteiger partial charge on any atom is -0.497 e. The molecule has 19 heavy (non-hydrogen) atoms. The molecule has 0 amide bonds. The summed E-state index contributed by atoms with van der Waals surface area (Å²) in [5.74, 6) is 0.476. The van der Waals surface area contributed by atoms with Gasteiger partial charge in [-0.05, 0) is 31.5 Å². The van der Waals surface area contributed by atoms with Crippen LogP contribution in [0.1, 0.15) is 25.5 Å². The Hall–Kier alpha value is -1.81.